The number of piperidine rings is 1. The molecule has 3 unspecified atom stereocenters. The number of para-hydroxylation sites is 2. The lowest BCUT2D eigenvalue weighted by molar-refractivity contribution is -0.121. The Balaban J connectivity index is 1.36. The third-order valence-electron chi connectivity index (χ3n) is 6.54. The number of carbonyl (C=O) groups excluding carboxylic acids is 1. The maximum absolute atomic E-state index is 12.4. The number of fused-ring (bicyclic) bond motifs is 3. The van der Waals surface area contributed by atoms with Crippen molar-refractivity contribution in [1.82, 2.24) is 4.90 Å². The van der Waals surface area contributed by atoms with Crippen molar-refractivity contribution in [2.24, 2.45) is 11.8 Å². The molecular weight excluding hydrogens is 340 g/mol. The summed E-state index contributed by atoms with van der Waals surface area (Å²) in [6.07, 6.45) is 6.49. The van der Waals surface area contributed by atoms with Gasteiger partial charge in [0.05, 0.1) is 5.69 Å². The number of methoxy groups -OCH3 is 1. The Morgan fingerprint density at radius 1 is 1.19 bits per heavy atom. The van der Waals surface area contributed by atoms with E-state index in [9.17, 15) is 4.79 Å². The number of benzene rings is 1. The summed E-state index contributed by atoms with van der Waals surface area (Å²) < 4.78 is 10.9. The largest absolute Gasteiger partial charge is 0.482 e. The summed E-state index contributed by atoms with van der Waals surface area (Å²) in [4.78, 5) is 17.1. The molecule has 2 bridgehead atoms. The molecule has 0 aromatic heterocycles. The quantitative estimate of drug-likeness (QED) is 0.736. The fourth-order valence-corrected chi connectivity index (χ4v) is 5.29. The predicted octanol–water partition coefficient (Wildman–Crippen LogP) is 3.33. The zero-order valence-electron chi connectivity index (χ0n) is 16.6. The average molecular weight is 373 g/mol. The number of ether oxygens (including phenoxy) is 2. The molecule has 1 amide bonds. The second-order valence-electron chi connectivity index (χ2n) is 8.57. The molecule has 5 heteroatoms. The van der Waals surface area contributed by atoms with Gasteiger partial charge in [-0.05, 0) is 56.1 Å². The van der Waals surface area contributed by atoms with Crippen LogP contribution in [0.25, 0.3) is 0 Å². The summed E-state index contributed by atoms with van der Waals surface area (Å²) in [5, 5.41) is 0. The van der Waals surface area contributed by atoms with Crippen LogP contribution >= 0.6 is 0 Å². The molecule has 2 saturated heterocycles. The number of nitrogens with zero attached hydrogens (tertiary/aromatic N) is 2. The van der Waals surface area contributed by atoms with Crippen molar-refractivity contribution < 1.29 is 14.3 Å². The highest BCUT2D eigenvalue weighted by molar-refractivity contribution is 5.97. The zero-order valence-corrected chi connectivity index (χ0v) is 16.6. The minimum atomic E-state index is 0.0711. The van der Waals surface area contributed by atoms with Gasteiger partial charge in [0, 0.05) is 38.9 Å². The molecule has 2 fully saturated rings. The zero-order chi connectivity index (χ0) is 18.8. The van der Waals surface area contributed by atoms with Crippen LogP contribution < -0.4 is 9.64 Å². The molecule has 27 heavy (non-hydrogen) atoms. The Morgan fingerprint density at radius 2 is 1.93 bits per heavy atom. The Bertz CT molecular complexity index is 651. The molecular formula is C22H32N2O3. The number of hydrogen-bond acceptors (Lipinski definition) is 4. The highest BCUT2D eigenvalue weighted by Gasteiger charge is 2.41. The van der Waals surface area contributed by atoms with E-state index >= 15 is 0 Å². The standard InChI is InChI=1S/C22H32N2O3/c1-16(14-24-20-5-3-4-6-21(20)27-15-22(24)25)13-23-18-7-8-19(23)12-17(11-18)9-10-26-2/h3-6,16-19H,7-15H2,1-2H3/t16?,17?,18-,19?/m1/s1. The van der Waals surface area contributed by atoms with Crippen LogP contribution in [0.5, 0.6) is 5.75 Å². The molecule has 1 aromatic carbocycles. The van der Waals surface area contributed by atoms with Crippen LogP contribution in [0.3, 0.4) is 0 Å². The van der Waals surface area contributed by atoms with Gasteiger partial charge in [-0.25, -0.2) is 0 Å². The Hall–Kier alpha value is -1.59. The first-order valence-corrected chi connectivity index (χ1v) is 10.4. The van der Waals surface area contributed by atoms with Gasteiger partial charge in [0.15, 0.2) is 6.61 Å². The van der Waals surface area contributed by atoms with Crippen molar-refractivity contribution in [2.45, 2.75) is 51.1 Å². The minimum absolute atomic E-state index is 0.0711. The summed E-state index contributed by atoms with van der Waals surface area (Å²) in [5.74, 6) is 2.16. The molecule has 3 aliphatic rings. The monoisotopic (exact) mass is 372 g/mol. The third-order valence-corrected chi connectivity index (χ3v) is 6.54. The Kier molecular flexibility index (Phi) is 5.69. The van der Waals surface area contributed by atoms with Crippen molar-refractivity contribution >= 4 is 11.6 Å². The van der Waals surface area contributed by atoms with Gasteiger partial charge < -0.3 is 14.4 Å². The van der Waals surface area contributed by atoms with Crippen LogP contribution in [-0.2, 0) is 9.53 Å². The second-order valence-corrected chi connectivity index (χ2v) is 8.57. The lowest BCUT2D eigenvalue weighted by Crippen LogP contribution is -2.48. The summed E-state index contributed by atoms with van der Waals surface area (Å²) in [6, 6.07) is 9.32. The number of amides is 1. The lowest BCUT2D eigenvalue weighted by Gasteiger charge is -2.41. The van der Waals surface area contributed by atoms with Gasteiger partial charge in [0.2, 0.25) is 0 Å². The molecule has 3 aliphatic heterocycles. The van der Waals surface area contributed by atoms with Crippen LogP contribution in [0.4, 0.5) is 5.69 Å². The Labute approximate surface area is 162 Å². The minimum Gasteiger partial charge on any atom is -0.482 e. The van der Waals surface area contributed by atoms with Gasteiger partial charge in [-0.15, -0.1) is 0 Å². The molecule has 3 heterocycles. The second kappa shape index (κ2) is 8.19. The molecule has 0 aliphatic carbocycles. The van der Waals surface area contributed by atoms with Crippen LogP contribution in [0.1, 0.15) is 39.0 Å². The van der Waals surface area contributed by atoms with Crippen LogP contribution in [-0.4, -0.2) is 56.3 Å². The van der Waals surface area contributed by atoms with Gasteiger partial charge in [-0.1, -0.05) is 19.1 Å². The first kappa shape index (κ1) is 18.8. The van der Waals surface area contributed by atoms with E-state index in [1.54, 1.807) is 7.11 Å². The molecule has 1 aromatic rings. The molecule has 4 rings (SSSR count). The summed E-state index contributed by atoms with van der Waals surface area (Å²) in [7, 11) is 1.80. The fourth-order valence-electron chi connectivity index (χ4n) is 5.29. The highest BCUT2D eigenvalue weighted by atomic mass is 16.5. The van der Waals surface area contributed by atoms with Crippen molar-refractivity contribution in [1.29, 1.82) is 0 Å². The average Bonchev–Trinajstić information content (AvgIpc) is 2.90. The Morgan fingerprint density at radius 3 is 2.67 bits per heavy atom. The van der Waals surface area contributed by atoms with E-state index in [1.807, 2.05) is 29.2 Å². The summed E-state index contributed by atoms with van der Waals surface area (Å²) in [6.45, 7) is 5.17. The van der Waals surface area contributed by atoms with E-state index in [0.29, 0.717) is 5.92 Å². The predicted molar refractivity (Wildman–Crippen MR) is 106 cm³/mol. The number of hydrogen-bond donors (Lipinski definition) is 0. The summed E-state index contributed by atoms with van der Waals surface area (Å²) in [5.41, 5.74) is 0.918. The van der Waals surface area contributed by atoms with E-state index in [-0.39, 0.29) is 12.5 Å². The van der Waals surface area contributed by atoms with Gasteiger partial charge in [-0.3, -0.25) is 9.69 Å². The van der Waals surface area contributed by atoms with E-state index in [4.69, 9.17) is 9.47 Å². The smallest absolute Gasteiger partial charge is 0.265 e. The first-order chi connectivity index (χ1) is 13.2. The molecule has 5 nitrogen and oxygen atoms in total. The van der Waals surface area contributed by atoms with Crippen molar-refractivity contribution in [2.75, 3.05) is 38.3 Å². The van der Waals surface area contributed by atoms with Gasteiger partial charge >= 0.3 is 0 Å². The summed E-state index contributed by atoms with van der Waals surface area (Å²) >= 11 is 0. The number of carbonyl (C=O) groups is 1. The van der Waals surface area contributed by atoms with Crippen molar-refractivity contribution in [3.63, 3.8) is 0 Å². The molecule has 0 N–H and O–H groups in total. The SMILES string of the molecule is COCCC1CC2CC[C@H](C1)N2CC(C)CN1C(=O)COc2ccccc21. The van der Waals surface area contributed by atoms with Gasteiger partial charge in [0.25, 0.3) is 5.91 Å². The number of anilines is 1. The van der Waals surface area contributed by atoms with Crippen LogP contribution in [0.2, 0.25) is 0 Å². The van der Waals surface area contributed by atoms with Crippen molar-refractivity contribution in [3.8, 4) is 5.75 Å². The molecule has 0 spiro atoms. The van der Waals surface area contributed by atoms with E-state index in [2.05, 4.69) is 11.8 Å². The number of rotatable bonds is 7. The van der Waals surface area contributed by atoms with Gasteiger partial charge in [-0.2, -0.15) is 0 Å². The maximum atomic E-state index is 12.4. The van der Waals surface area contributed by atoms with E-state index in [0.717, 1.165) is 49.1 Å². The first-order valence-electron chi connectivity index (χ1n) is 10.4. The molecule has 148 valence electrons. The molecule has 4 atom stereocenters. The molecule has 0 radical (unpaired) electrons. The van der Waals surface area contributed by atoms with Crippen LogP contribution in [0, 0.1) is 11.8 Å². The highest BCUT2D eigenvalue weighted by Crippen LogP contribution is 2.40. The van der Waals surface area contributed by atoms with Crippen molar-refractivity contribution in [3.05, 3.63) is 24.3 Å². The lowest BCUT2D eigenvalue weighted by atomic mass is 9.88. The fraction of sp³-hybridized carbons (Fsp3) is 0.682. The topological polar surface area (TPSA) is 42.0 Å². The third kappa shape index (κ3) is 3.99. The van der Waals surface area contributed by atoms with Gasteiger partial charge in [0.1, 0.15) is 5.75 Å². The normalized spacial score (nSPS) is 28.7. The van der Waals surface area contributed by atoms with E-state index in [1.165, 1.54) is 32.1 Å². The maximum Gasteiger partial charge on any atom is 0.265 e. The van der Waals surface area contributed by atoms with Crippen LogP contribution in [0.15, 0.2) is 24.3 Å². The molecule has 0 saturated carbocycles. The van der Waals surface area contributed by atoms with E-state index < -0.39 is 0 Å².